The molecule has 0 aliphatic carbocycles. The summed E-state index contributed by atoms with van der Waals surface area (Å²) in [5, 5.41) is 11.0. The van der Waals surface area contributed by atoms with Crippen LogP contribution in [0.1, 0.15) is 11.1 Å². The van der Waals surface area contributed by atoms with Gasteiger partial charge in [0, 0.05) is 0 Å². The molecule has 0 aromatic heterocycles. The summed E-state index contributed by atoms with van der Waals surface area (Å²) in [4.78, 5) is 34.3. The highest BCUT2D eigenvalue weighted by Crippen LogP contribution is 1.94. The molecule has 2 rings (SSSR count). The van der Waals surface area contributed by atoms with Crippen LogP contribution in [0.2, 0.25) is 0 Å². The van der Waals surface area contributed by atoms with Crippen molar-refractivity contribution in [3.05, 3.63) is 76.7 Å². The van der Waals surface area contributed by atoms with Gasteiger partial charge in [-0.25, -0.2) is 15.9 Å². The Kier molecular flexibility index (Phi) is 7.83. The van der Waals surface area contributed by atoms with Gasteiger partial charge in [0.25, 0.3) is 11.8 Å². The lowest BCUT2D eigenvalue weighted by Gasteiger charge is -2.12. The molecule has 9 heteroatoms. The average Bonchev–Trinajstić information content (AvgIpc) is 2.69. The fraction of sp³-hybridized carbons (Fsp3) is 0.111. The number of hydrazone groups is 2. The molecule has 2 aromatic carbocycles. The molecule has 0 bridgehead atoms. The normalized spacial score (nSPS) is 10.7. The lowest BCUT2D eigenvalue weighted by molar-refractivity contribution is -0.125. The zero-order valence-corrected chi connectivity index (χ0v) is 14.4. The summed E-state index contributed by atoms with van der Waals surface area (Å²) >= 11 is 0. The van der Waals surface area contributed by atoms with E-state index in [4.69, 9.17) is 0 Å². The first-order chi connectivity index (χ1) is 13.2. The number of hydrogen-bond acceptors (Lipinski definition) is 6. The Morgan fingerprint density at radius 1 is 0.778 bits per heavy atom. The summed E-state index contributed by atoms with van der Waals surface area (Å²) in [7, 11) is 0. The van der Waals surface area contributed by atoms with E-state index in [0.717, 1.165) is 16.1 Å². The highest BCUT2D eigenvalue weighted by Gasteiger charge is 2.13. The zero-order valence-electron chi connectivity index (χ0n) is 14.4. The van der Waals surface area contributed by atoms with Crippen molar-refractivity contribution in [2.75, 3.05) is 13.1 Å². The van der Waals surface area contributed by atoms with Crippen LogP contribution in [-0.4, -0.2) is 42.3 Å². The van der Waals surface area contributed by atoms with E-state index < -0.39 is 24.9 Å². The minimum atomic E-state index is -0.581. The first kappa shape index (κ1) is 19.4. The van der Waals surface area contributed by atoms with E-state index in [1.165, 1.54) is 12.4 Å². The molecule has 0 aliphatic heterocycles. The molecule has 0 unspecified atom stereocenters. The molecule has 9 nitrogen and oxygen atoms in total. The lowest BCUT2D eigenvalue weighted by Crippen LogP contribution is -2.38. The first-order valence-electron chi connectivity index (χ1n) is 7.99. The summed E-state index contributed by atoms with van der Waals surface area (Å²) in [6.07, 6.45) is 2.92. The summed E-state index contributed by atoms with van der Waals surface area (Å²) in [5.41, 5.74) is 6.13. The molecule has 2 amide bonds. The Bertz CT molecular complexity index is 743. The lowest BCUT2D eigenvalue weighted by atomic mass is 10.2. The third kappa shape index (κ3) is 7.69. The number of nitroso groups, excluding NO2 is 1. The molecule has 27 heavy (non-hydrogen) atoms. The second-order valence-electron chi connectivity index (χ2n) is 5.31. The quantitative estimate of drug-likeness (QED) is 0.395. The van der Waals surface area contributed by atoms with Crippen LogP contribution in [0.25, 0.3) is 0 Å². The third-order valence-corrected chi connectivity index (χ3v) is 3.17. The number of carbonyl (C=O) groups is 2. The Morgan fingerprint density at radius 3 is 1.56 bits per heavy atom. The molecule has 0 saturated carbocycles. The van der Waals surface area contributed by atoms with Crippen molar-refractivity contribution in [2.45, 2.75) is 0 Å². The fourth-order valence-electron chi connectivity index (χ4n) is 1.95. The van der Waals surface area contributed by atoms with Gasteiger partial charge >= 0.3 is 0 Å². The van der Waals surface area contributed by atoms with Crippen LogP contribution in [0.5, 0.6) is 0 Å². The van der Waals surface area contributed by atoms with Crippen molar-refractivity contribution in [1.29, 1.82) is 0 Å². The summed E-state index contributed by atoms with van der Waals surface area (Å²) in [6.45, 7) is -0.823. The maximum Gasteiger partial charge on any atom is 0.261 e. The molecule has 0 fully saturated rings. The van der Waals surface area contributed by atoms with Gasteiger partial charge in [-0.1, -0.05) is 60.7 Å². The maximum absolute atomic E-state index is 11.8. The van der Waals surface area contributed by atoms with E-state index in [9.17, 15) is 14.5 Å². The monoisotopic (exact) mass is 366 g/mol. The Hall–Kier alpha value is -3.88. The number of nitrogens with one attached hydrogen (secondary N) is 2. The summed E-state index contributed by atoms with van der Waals surface area (Å²) in [6, 6.07) is 18.3. The van der Waals surface area contributed by atoms with Crippen LogP contribution >= 0.6 is 0 Å². The standard InChI is InChI=1S/C18H18N6O3/c25-17(21-19-11-15-7-3-1-4-8-15)13-24(23-27)14-18(26)22-20-12-16-9-5-2-6-10-16/h1-12H,13-14H2,(H,21,25)(H,22,26)/b19-11-,20-12+. The van der Waals surface area contributed by atoms with Crippen molar-refractivity contribution in [1.82, 2.24) is 15.9 Å². The third-order valence-electron chi connectivity index (χ3n) is 3.17. The molecule has 0 heterocycles. The largest absolute Gasteiger partial charge is 0.271 e. The van der Waals surface area contributed by atoms with Gasteiger partial charge in [-0.3, -0.25) is 9.59 Å². The minimum absolute atomic E-state index is 0.411. The van der Waals surface area contributed by atoms with Crippen molar-refractivity contribution in [3.63, 3.8) is 0 Å². The van der Waals surface area contributed by atoms with Gasteiger partial charge in [0.1, 0.15) is 13.1 Å². The molecule has 0 radical (unpaired) electrons. The van der Waals surface area contributed by atoms with Gasteiger partial charge < -0.3 is 0 Å². The highest BCUT2D eigenvalue weighted by atomic mass is 16.3. The second kappa shape index (κ2) is 10.9. The summed E-state index contributed by atoms with van der Waals surface area (Å²) in [5.74, 6) is -1.16. The van der Waals surface area contributed by atoms with Crippen LogP contribution in [0.4, 0.5) is 0 Å². The van der Waals surface area contributed by atoms with Gasteiger partial charge in [-0.15, -0.1) is 4.91 Å². The molecule has 0 spiro atoms. The zero-order chi connectivity index (χ0) is 19.3. The van der Waals surface area contributed by atoms with Gasteiger partial charge in [0.2, 0.25) is 0 Å². The minimum Gasteiger partial charge on any atom is -0.271 e. The van der Waals surface area contributed by atoms with Gasteiger partial charge in [0.15, 0.2) is 0 Å². The molecular formula is C18H18N6O3. The van der Waals surface area contributed by atoms with E-state index in [1.807, 2.05) is 60.7 Å². The Morgan fingerprint density at radius 2 is 1.19 bits per heavy atom. The van der Waals surface area contributed by atoms with Crippen LogP contribution < -0.4 is 10.9 Å². The van der Waals surface area contributed by atoms with E-state index >= 15 is 0 Å². The predicted octanol–water partition coefficient (Wildman–Crippen LogP) is 1.27. The molecule has 0 saturated heterocycles. The Balaban J connectivity index is 1.74. The van der Waals surface area contributed by atoms with Crippen LogP contribution in [0.15, 0.2) is 76.2 Å². The van der Waals surface area contributed by atoms with Gasteiger partial charge in [0.05, 0.1) is 17.7 Å². The Labute approximate surface area is 155 Å². The number of rotatable bonds is 9. The smallest absolute Gasteiger partial charge is 0.261 e. The number of nitrogens with zero attached hydrogens (tertiary/aromatic N) is 4. The number of hydrogen-bond donors (Lipinski definition) is 2. The van der Waals surface area contributed by atoms with E-state index in [-0.39, 0.29) is 0 Å². The van der Waals surface area contributed by atoms with Crippen LogP contribution in [0, 0.1) is 4.91 Å². The maximum atomic E-state index is 11.8. The first-order valence-corrected chi connectivity index (χ1v) is 7.99. The van der Waals surface area contributed by atoms with Crippen molar-refractivity contribution in [2.24, 2.45) is 15.5 Å². The summed E-state index contributed by atoms with van der Waals surface area (Å²) < 4.78 is 0. The molecule has 0 atom stereocenters. The van der Waals surface area contributed by atoms with Crippen molar-refractivity contribution >= 4 is 24.2 Å². The molecular weight excluding hydrogens is 348 g/mol. The number of amides is 2. The topological polar surface area (TPSA) is 116 Å². The van der Waals surface area contributed by atoms with Crippen LogP contribution in [0.3, 0.4) is 0 Å². The molecule has 2 aromatic rings. The molecule has 0 aliphatic rings. The average molecular weight is 366 g/mol. The van der Waals surface area contributed by atoms with E-state index in [1.54, 1.807) is 0 Å². The van der Waals surface area contributed by atoms with Crippen LogP contribution in [-0.2, 0) is 9.59 Å². The van der Waals surface area contributed by atoms with Crippen molar-refractivity contribution < 1.29 is 9.59 Å². The SMILES string of the molecule is O=NN(CC(=O)N/N=C\c1ccccc1)CC(=O)N/N=C/c1ccccc1. The predicted molar refractivity (Wildman–Crippen MR) is 102 cm³/mol. The van der Waals surface area contributed by atoms with E-state index in [0.29, 0.717) is 0 Å². The van der Waals surface area contributed by atoms with Crippen molar-refractivity contribution in [3.8, 4) is 0 Å². The van der Waals surface area contributed by atoms with Gasteiger partial charge in [-0.2, -0.15) is 10.2 Å². The molecule has 2 N–H and O–H groups in total. The molecule has 138 valence electrons. The highest BCUT2D eigenvalue weighted by molar-refractivity contribution is 5.84. The van der Waals surface area contributed by atoms with Gasteiger partial charge in [-0.05, 0) is 11.1 Å². The number of benzene rings is 2. The number of carbonyl (C=O) groups excluding carboxylic acids is 2. The second-order valence-corrected chi connectivity index (χ2v) is 5.31. The van der Waals surface area contributed by atoms with E-state index in [2.05, 4.69) is 26.3 Å². The fourth-order valence-corrected chi connectivity index (χ4v) is 1.95.